The van der Waals surface area contributed by atoms with Crippen LogP contribution >= 0.6 is 11.3 Å². The summed E-state index contributed by atoms with van der Waals surface area (Å²) in [4.78, 5) is 15.4. The molecule has 5 nitrogen and oxygen atoms in total. The molecule has 2 aromatic rings. The standard InChI is InChI=1S/C14H15NO4S/c1-8-5-15-11(9(2)13(8)18-3)6-19-10-4-12(14(16)17)20-7-10/h4-5,7H,6H2,1-3H3,(H,16,17). The summed E-state index contributed by atoms with van der Waals surface area (Å²) in [5.74, 6) is 0.388. The van der Waals surface area contributed by atoms with Gasteiger partial charge in [0.15, 0.2) is 0 Å². The Kier molecular flexibility index (Phi) is 4.24. The highest BCUT2D eigenvalue weighted by Crippen LogP contribution is 2.26. The zero-order chi connectivity index (χ0) is 14.7. The van der Waals surface area contributed by atoms with Crippen LogP contribution in [0.25, 0.3) is 0 Å². The first-order valence-corrected chi connectivity index (χ1v) is 6.84. The molecule has 0 radical (unpaired) electrons. The maximum atomic E-state index is 10.8. The first kappa shape index (κ1) is 14.3. The Hall–Kier alpha value is -2.08. The van der Waals surface area contributed by atoms with Crippen LogP contribution in [0.4, 0.5) is 0 Å². The van der Waals surface area contributed by atoms with Crippen molar-refractivity contribution < 1.29 is 19.4 Å². The van der Waals surface area contributed by atoms with E-state index in [1.54, 1.807) is 18.7 Å². The number of rotatable bonds is 5. The number of hydrogen-bond acceptors (Lipinski definition) is 5. The molecule has 0 fully saturated rings. The molecule has 0 aliphatic rings. The van der Waals surface area contributed by atoms with Gasteiger partial charge in [0.1, 0.15) is 23.0 Å². The molecule has 0 spiro atoms. The van der Waals surface area contributed by atoms with Crippen LogP contribution in [0.15, 0.2) is 17.6 Å². The number of ether oxygens (including phenoxy) is 2. The van der Waals surface area contributed by atoms with Crippen LogP contribution < -0.4 is 9.47 Å². The molecule has 1 N–H and O–H groups in total. The van der Waals surface area contributed by atoms with Gasteiger partial charge >= 0.3 is 5.97 Å². The lowest BCUT2D eigenvalue weighted by atomic mass is 10.1. The van der Waals surface area contributed by atoms with Crippen molar-refractivity contribution >= 4 is 17.3 Å². The Morgan fingerprint density at radius 2 is 2.20 bits per heavy atom. The van der Waals surface area contributed by atoms with E-state index >= 15 is 0 Å². The van der Waals surface area contributed by atoms with Gasteiger partial charge in [0, 0.05) is 28.8 Å². The van der Waals surface area contributed by atoms with E-state index in [0.29, 0.717) is 5.75 Å². The van der Waals surface area contributed by atoms with Crippen LogP contribution in [0, 0.1) is 13.8 Å². The summed E-state index contributed by atoms with van der Waals surface area (Å²) in [6, 6.07) is 1.51. The number of carboxylic acids is 1. The molecule has 2 aromatic heterocycles. The van der Waals surface area contributed by atoms with Crippen molar-refractivity contribution in [3.05, 3.63) is 39.3 Å². The van der Waals surface area contributed by atoms with Gasteiger partial charge in [0.05, 0.1) is 12.8 Å². The Morgan fingerprint density at radius 1 is 1.45 bits per heavy atom. The van der Waals surface area contributed by atoms with E-state index in [1.807, 2.05) is 13.8 Å². The van der Waals surface area contributed by atoms with Crippen LogP contribution in [0.2, 0.25) is 0 Å². The van der Waals surface area contributed by atoms with Gasteiger partial charge in [0.25, 0.3) is 0 Å². The van der Waals surface area contributed by atoms with E-state index < -0.39 is 5.97 Å². The summed E-state index contributed by atoms with van der Waals surface area (Å²) in [5, 5.41) is 10.5. The SMILES string of the molecule is COc1c(C)cnc(COc2csc(C(=O)O)c2)c1C. The molecule has 0 aliphatic carbocycles. The summed E-state index contributed by atoms with van der Waals surface area (Å²) in [6.07, 6.45) is 1.74. The summed E-state index contributed by atoms with van der Waals surface area (Å²) >= 11 is 1.14. The highest BCUT2D eigenvalue weighted by atomic mass is 32.1. The van der Waals surface area contributed by atoms with Crippen LogP contribution in [0.3, 0.4) is 0 Å². The predicted octanol–water partition coefficient (Wildman–Crippen LogP) is 3.05. The van der Waals surface area contributed by atoms with Crippen molar-refractivity contribution in [3.63, 3.8) is 0 Å². The molecule has 6 heteroatoms. The second kappa shape index (κ2) is 5.92. The predicted molar refractivity (Wildman–Crippen MR) is 75.9 cm³/mol. The number of hydrogen-bond donors (Lipinski definition) is 1. The monoisotopic (exact) mass is 293 g/mol. The maximum absolute atomic E-state index is 10.8. The van der Waals surface area contributed by atoms with Crippen LogP contribution in [-0.4, -0.2) is 23.2 Å². The molecule has 2 heterocycles. The quantitative estimate of drug-likeness (QED) is 0.917. The van der Waals surface area contributed by atoms with Crippen molar-refractivity contribution in [3.8, 4) is 11.5 Å². The molecule has 0 atom stereocenters. The first-order chi connectivity index (χ1) is 9.52. The van der Waals surface area contributed by atoms with E-state index in [1.165, 1.54) is 6.07 Å². The minimum atomic E-state index is -0.948. The van der Waals surface area contributed by atoms with E-state index in [2.05, 4.69) is 4.98 Å². The minimum Gasteiger partial charge on any atom is -0.496 e. The fourth-order valence-corrected chi connectivity index (χ4v) is 2.54. The Labute approximate surface area is 120 Å². The molecular weight excluding hydrogens is 278 g/mol. The zero-order valence-electron chi connectivity index (χ0n) is 11.5. The maximum Gasteiger partial charge on any atom is 0.346 e. The molecule has 20 heavy (non-hydrogen) atoms. The lowest BCUT2D eigenvalue weighted by Gasteiger charge is -2.12. The number of methoxy groups -OCH3 is 1. The number of aryl methyl sites for hydroxylation is 1. The summed E-state index contributed by atoms with van der Waals surface area (Å²) < 4.78 is 10.9. The number of pyridine rings is 1. The third-order valence-corrected chi connectivity index (χ3v) is 3.81. The smallest absolute Gasteiger partial charge is 0.346 e. The lowest BCUT2D eigenvalue weighted by Crippen LogP contribution is -2.03. The summed E-state index contributed by atoms with van der Waals surface area (Å²) in [7, 11) is 1.62. The van der Waals surface area contributed by atoms with Crippen LogP contribution in [0.5, 0.6) is 11.5 Å². The van der Waals surface area contributed by atoms with E-state index in [9.17, 15) is 4.79 Å². The Morgan fingerprint density at radius 3 is 2.80 bits per heavy atom. The molecule has 0 amide bonds. The van der Waals surface area contributed by atoms with Crippen molar-refractivity contribution in [2.45, 2.75) is 20.5 Å². The number of nitrogens with zero attached hydrogens (tertiary/aromatic N) is 1. The zero-order valence-corrected chi connectivity index (χ0v) is 12.3. The average Bonchev–Trinajstić information content (AvgIpc) is 2.87. The molecular formula is C14H15NO4S. The number of thiophene rings is 1. The molecule has 0 aliphatic heterocycles. The molecule has 0 bridgehead atoms. The molecule has 2 rings (SSSR count). The van der Waals surface area contributed by atoms with Gasteiger partial charge in [-0.05, 0) is 13.8 Å². The van der Waals surface area contributed by atoms with Crippen molar-refractivity contribution in [2.75, 3.05) is 7.11 Å². The molecule has 0 saturated carbocycles. The molecule has 0 aromatic carbocycles. The number of carboxylic acid groups (broad SMARTS) is 1. The second-order valence-electron chi connectivity index (χ2n) is 4.29. The average molecular weight is 293 g/mol. The number of carbonyl (C=O) groups is 1. The van der Waals surface area contributed by atoms with Gasteiger partial charge in [-0.1, -0.05) is 0 Å². The van der Waals surface area contributed by atoms with E-state index in [4.69, 9.17) is 14.6 Å². The second-order valence-corrected chi connectivity index (χ2v) is 5.20. The lowest BCUT2D eigenvalue weighted by molar-refractivity contribution is 0.0702. The highest BCUT2D eigenvalue weighted by molar-refractivity contribution is 7.12. The van der Waals surface area contributed by atoms with Gasteiger partial charge in [-0.15, -0.1) is 11.3 Å². The third kappa shape index (κ3) is 2.91. The van der Waals surface area contributed by atoms with Crippen LogP contribution in [0.1, 0.15) is 26.5 Å². The van der Waals surface area contributed by atoms with E-state index in [0.717, 1.165) is 33.9 Å². The fourth-order valence-electron chi connectivity index (χ4n) is 1.87. The van der Waals surface area contributed by atoms with Crippen LogP contribution in [-0.2, 0) is 6.61 Å². The van der Waals surface area contributed by atoms with Gasteiger partial charge in [-0.25, -0.2) is 4.79 Å². The Balaban J connectivity index is 2.12. The van der Waals surface area contributed by atoms with E-state index in [-0.39, 0.29) is 11.5 Å². The summed E-state index contributed by atoms with van der Waals surface area (Å²) in [6.45, 7) is 4.13. The normalized spacial score (nSPS) is 10.3. The van der Waals surface area contributed by atoms with Gasteiger partial charge in [-0.3, -0.25) is 4.98 Å². The number of aromatic carboxylic acids is 1. The van der Waals surface area contributed by atoms with Crippen molar-refractivity contribution in [2.24, 2.45) is 0 Å². The topological polar surface area (TPSA) is 68.7 Å². The first-order valence-electron chi connectivity index (χ1n) is 5.96. The fraction of sp³-hybridized carbons (Fsp3) is 0.286. The molecule has 0 saturated heterocycles. The molecule has 0 unspecified atom stereocenters. The number of aromatic nitrogens is 1. The van der Waals surface area contributed by atoms with Gasteiger partial charge in [0.2, 0.25) is 0 Å². The summed E-state index contributed by atoms with van der Waals surface area (Å²) in [5.41, 5.74) is 2.68. The highest BCUT2D eigenvalue weighted by Gasteiger charge is 2.11. The largest absolute Gasteiger partial charge is 0.496 e. The minimum absolute atomic E-state index is 0.256. The Bertz CT molecular complexity index is 636. The van der Waals surface area contributed by atoms with Gasteiger partial charge < -0.3 is 14.6 Å². The molecule has 106 valence electrons. The van der Waals surface area contributed by atoms with Gasteiger partial charge in [-0.2, -0.15) is 0 Å². The van der Waals surface area contributed by atoms with Crippen molar-refractivity contribution in [1.29, 1.82) is 0 Å². The third-order valence-electron chi connectivity index (χ3n) is 2.91. The van der Waals surface area contributed by atoms with Crippen molar-refractivity contribution in [1.82, 2.24) is 4.98 Å².